The Morgan fingerprint density at radius 1 is 1.17 bits per heavy atom. The molecule has 1 heterocycles. The highest BCUT2D eigenvalue weighted by Gasteiger charge is 2.07. The van der Waals surface area contributed by atoms with Crippen molar-refractivity contribution in [1.29, 1.82) is 0 Å². The van der Waals surface area contributed by atoms with Crippen LogP contribution >= 0.6 is 0 Å². The lowest BCUT2D eigenvalue weighted by Crippen LogP contribution is -1.99. The van der Waals surface area contributed by atoms with Crippen molar-refractivity contribution >= 4 is 5.82 Å². The first-order valence-corrected chi connectivity index (χ1v) is 5.56. The molecular formula is C13H14FN3O. The van der Waals surface area contributed by atoms with Gasteiger partial charge >= 0.3 is 0 Å². The van der Waals surface area contributed by atoms with Crippen LogP contribution < -0.4 is 10.1 Å². The van der Waals surface area contributed by atoms with E-state index in [2.05, 4.69) is 15.3 Å². The van der Waals surface area contributed by atoms with Crippen LogP contribution in [0.3, 0.4) is 0 Å². The van der Waals surface area contributed by atoms with Crippen molar-refractivity contribution in [1.82, 2.24) is 9.97 Å². The van der Waals surface area contributed by atoms with Crippen molar-refractivity contribution in [3.8, 4) is 11.6 Å². The maximum atomic E-state index is 13.6. The van der Waals surface area contributed by atoms with Crippen LogP contribution in [0.5, 0.6) is 11.6 Å². The predicted octanol–water partition coefficient (Wildman–Crippen LogP) is 3.07. The van der Waals surface area contributed by atoms with Crippen molar-refractivity contribution in [2.45, 2.75) is 13.8 Å². The number of aryl methyl sites for hydroxylation is 2. The lowest BCUT2D eigenvalue weighted by Gasteiger charge is -2.08. The van der Waals surface area contributed by atoms with Crippen molar-refractivity contribution in [2.24, 2.45) is 0 Å². The van der Waals surface area contributed by atoms with E-state index in [-0.39, 0.29) is 5.75 Å². The minimum Gasteiger partial charge on any atom is -0.436 e. The Bertz CT molecular complexity index is 572. The number of rotatable bonds is 3. The third-order valence-corrected chi connectivity index (χ3v) is 2.37. The standard InChI is InChI=1S/C13H14FN3O/c1-8-4-5-10(14)11(6-8)18-13-7-12(15-3)16-9(2)17-13/h4-7H,1-3H3,(H,15,16,17). The number of halogens is 1. The molecule has 0 amide bonds. The summed E-state index contributed by atoms with van der Waals surface area (Å²) < 4.78 is 19.0. The van der Waals surface area contributed by atoms with E-state index in [1.54, 1.807) is 32.2 Å². The molecule has 0 saturated carbocycles. The van der Waals surface area contributed by atoms with Crippen molar-refractivity contribution in [3.63, 3.8) is 0 Å². The smallest absolute Gasteiger partial charge is 0.224 e. The Morgan fingerprint density at radius 2 is 1.94 bits per heavy atom. The summed E-state index contributed by atoms with van der Waals surface area (Å²) in [5.41, 5.74) is 0.922. The van der Waals surface area contributed by atoms with Crippen LogP contribution in [0.1, 0.15) is 11.4 Å². The summed E-state index contributed by atoms with van der Waals surface area (Å²) in [6.07, 6.45) is 0. The number of ether oxygens (including phenoxy) is 1. The van der Waals surface area contributed by atoms with Crippen LogP contribution in [-0.4, -0.2) is 17.0 Å². The molecule has 1 aromatic carbocycles. The Kier molecular flexibility index (Phi) is 3.41. The van der Waals surface area contributed by atoms with E-state index in [4.69, 9.17) is 4.74 Å². The van der Waals surface area contributed by atoms with Crippen LogP contribution in [0.15, 0.2) is 24.3 Å². The third-order valence-electron chi connectivity index (χ3n) is 2.37. The van der Waals surface area contributed by atoms with Gasteiger partial charge in [0.1, 0.15) is 11.6 Å². The highest BCUT2D eigenvalue weighted by Crippen LogP contribution is 2.25. The van der Waals surface area contributed by atoms with Gasteiger partial charge in [-0.05, 0) is 31.5 Å². The fraction of sp³-hybridized carbons (Fsp3) is 0.231. The van der Waals surface area contributed by atoms with Gasteiger partial charge in [0, 0.05) is 13.1 Å². The molecule has 0 unspecified atom stereocenters. The zero-order chi connectivity index (χ0) is 13.1. The molecule has 0 fully saturated rings. The van der Waals surface area contributed by atoms with Gasteiger partial charge in [-0.15, -0.1) is 0 Å². The largest absolute Gasteiger partial charge is 0.436 e. The fourth-order valence-electron chi connectivity index (χ4n) is 1.52. The highest BCUT2D eigenvalue weighted by atomic mass is 19.1. The first-order chi connectivity index (χ1) is 8.58. The van der Waals surface area contributed by atoms with Crippen LogP contribution in [-0.2, 0) is 0 Å². The second-order valence-electron chi connectivity index (χ2n) is 3.92. The lowest BCUT2D eigenvalue weighted by atomic mass is 10.2. The number of nitrogens with zero attached hydrogens (tertiary/aromatic N) is 2. The molecule has 4 nitrogen and oxygen atoms in total. The SMILES string of the molecule is CNc1cc(Oc2cc(C)ccc2F)nc(C)n1. The summed E-state index contributed by atoms with van der Waals surface area (Å²) in [6.45, 7) is 3.62. The average molecular weight is 247 g/mol. The molecule has 0 aliphatic rings. The first-order valence-electron chi connectivity index (χ1n) is 5.56. The van der Waals surface area contributed by atoms with E-state index >= 15 is 0 Å². The number of benzene rings is 1. The van der Waals surface area contributed by atoms with Gasteiger partial charge in [-0.1, -0.05) is 6.07 Å². The molecule has 5 heteroatoms. The zero-order valence-electron chi connectivity index (χ0n) is 10.5. The van der Waals surface area contributed by atoms with Gasteiger partial charge in [0.2, 0.25) is 5.88 Å². The van der Waals surface area contributed by atoms with Gasteiger partial charge in [0.25, 0.3) is 0 Å². The van der Waals surface area contributed by atoms with Crippen LogP contribution in [0, 0.1) is 19.7 Å². The molecule has 0 spiro atoms. The minimum absolute atomic E-state index is 0.162. The van der Waals surface area contributed by atoms with Crippen molar-refractivity contribution in [3.05, 3.63) is 41.5 Å². The summed E-state index contributed by atoms with van der Waals surface area (Å²) in [6, 6.07) is 6.31. The van der Waals surface area contributed by atoms with Crippen LogP contribution in [0.25, 0.3) is 0 Å². The monoisotopic (exact) mass is 247 g/mol. The number of hydrogen-bond acceptors (Lipinski definition) is 4. The molecule has 0 saturated heterocycles. The van der Waals surface area contributed by atoms with E-state index in [9.17, 15) is 4.39 Å². The van der Waals surface area contributed by atoms with E-state index in [0.717, 1.165) is 5.56 Å². The van der Waals surface area contributed by atoms with Crippen molar-refractivity contribution in [2.75, 3.05) is 12.4 Å². The predicted molar refractivity (Wildman–Crippen MR) is 67.5 cm³/mol. The molecule has 0 aliphatic heterocycles. The molecule has 0 atom stereocenters. The second kappa shape index (κ2) is 5.00. The Morgan fingerprint density at radius 3 is 2.67 bits per heavy atom. The second-order valence-corrected chi connectivity index (χ2v) is 3.92. The fourth-order valence-corrected chi connectivity index (χ4v) is 1.52. The molecule has 2 rings (SSSR count). The molecule has 0 bridgehead atoms. The topological polar surface area (TPSA) is 47.0 Å². The Balaban J connectivity index is 2.33. The normalized spacial score (nSPS) is 10.2. The highest BCUT2D eigenvalue weighted by molar-refractivity contribution is 5.40. The quantitative estimate of drug-likeness (QED) is 0.905. The zero-order valence-corrected chi connectivity index (χ0v) is 10.5. The van der Waals surface area contributed by atoms with E-state index in [0.29, 0.717) is 17.5 Å². The van der Waals surface area contributed by atoms with Gasteiger partial charge in [-0.2, -0.15) is 4.98 Å². The van der Waals surface area contributed by atoms with Gasteiger partial charge in [-0.25, -0.2) is 9.37 Å². The molecule has 1 aromatic heterocycles. The van der Waals surface area contributed by atoms with Gasteiger partial charge < -0.3 is 10.1 Å². The molecule has 0 radical (unpaired) electrons. The number of aromatic nitrogens is 2. The molecule has 94 valence electrons. The van der Waals surface area contributed by atoms with E-state index in [1.165, 1.54) is 6.07 Å². The molecule has 0 aliphatic carbocycles. The van der Waals surface area contributed by atoms with Gasteiger partial charge in [0.15, 0.2) is 11.6 Å². The first kappa shape index (κ1) is 12.3. The minimum atomic E-state index is -0.414. The maximum absolute atomic E-state index is 13.6. The van der Waals surface area contributed by atoms with Crippen LogP contribution in [0.4, 0.5) is 10.2 Å². The average Bonchev–Trinajstić information content (AvgIpc) is 2.33. The maximum Gasteiger partial charge on any atom is 0.224 e. The summed E-state index contributed by atoms with van der Waals surface area (Å²) in [5.74, 6) is 1.25. The van der Waals surface area contributed by atoms with E-state index < -0.39 is 5.82 Å². The Labute approximate surface area is 105 Å². The number of hydrogen-bond donors (Lipinski definition) is 1. The summed E-state index contributed by atoms with van der Waals surface area (Å²) in [7, 11) is 1.75. The summed E-state index contributed by atoms with van der Waals surface area (Å²) in [5, 5.41) is 2.90. The molecule has 2 aromatic rings. The summed E-state index contributed by atoms with van der Waals surface area (Å²) >= 11 is 0. The number of nitrogens with one attached hydrogen (secondary N) is 1. The Hall–Kier alpha value is -2.17. The van der Waals surface area contributed by atoms with Gasteiger partial charge in [-0.3, -0.25) is 0 Å². The summed E-state index contributed by atoms with van der Waals surface area (Å²) in [4.78, 5) is 8.25. The van der Waals surface area contributed by atoms with E-state index in [1.807, 2.05) is 6.92 Å². The number of anilines is 1. The van der Waals surface area contributed by atoms with Gasteiger partial charge in [0.05, 0.1) is 0 Å². The lowest BCUT2D eigenvalue weighted by molar-refractivity contribution is 0.425. The van der Waals surface area contributed by atoms with Crippen LogP contribution in [0.2, 0.25) is 0 Å². The molecular weight excluding hydrogens is 233 g/mol. The molecule has 18 heavy (non-hydrogen) atoms. The third kappa shape index (κ3) is 2.74. The molecule has 1 N–H and O–H groups in total. The van der Waals surface area contributed by atoms with Crippen molar-refractivity contribution < 1.29 is 9.13 Å².